The predicted octanol–water partition coefficient (Wildman–Crippen LogP) is -3.12. The molecule has 0 aliphatic carbocycles. The lowest BCUT2D eigenvalue weighted by Crippen LogP contribution is -2.51. The minimum absolute atomic E-state index is 1.11. The number of hydrogen-bond donors (Lipinski definition) is 9. The monoisotopic (exact) mass is 448 g/mol. The van der Waals surface area contributed by atoms with Crippen LogP contribution in [0.25, 0.3) is 0 Å². The van der Waals surface area contributed by atoms with Crippen LogP contribution < -0.4 is 0 Å². The molecule has 0 heterocycles. The molecule has 15 nitrogen and oxygen atoms in total. The van der Waals surface area contributed by atoms with Crippen LogP contribution in [0.2, 0.25) is 0 Å². The zero-order chi connectivity index (χ0) is 23.2. The minimum Gasteiger partial charge on any atom is -0.481 e. The van der Waals surface area contributed by atoms with Gasteiger partial charge in [-0.1, -0.05) is 0 Å². The molecule has 0 rings (SSSR count). The Hall–Kier alpha value is -2.13. The fourth-order valence-corrected chi connectivity index (χ4v) is 3.92. The molecule has 0 aliphatic heterocycles. The lowest BCUT2D eigenvalue weighted by molar-refractivity contribution is -0.163. The van der Waals surface area contributed by atoms with Gasteiger partial charge < -0.3 is 45.7 Å². The van der Waals surface area contributed by atoms with E-state index in [2.05, 4.69) is 4.52 Å². The first-order chi connectivity index (χ1) is 13.1. The molecule has 2 unspecified atom stereocenters. The van der Waals surface area contributed by atoms with Crippen molar-refractivity contribution in [2.45, 2.75) is 48.8 Å². The van der Waals surface area contributed by atoms with Crippen molar-refractivity contribution in [3.8, 4) is 0 Å². The van der Waals surface area contributed by atoms with Crippen LogP contribution in [0.15, 0.2) is 0 Å². The summed E-state index contributed by atoms with van der Waals surface area (Å²) in [6.45, 7) is -1.17. The van der Waals surface area contributed by atoms with Gasteiger partial charge in [0.1, 0.15) is 18.3 Å². The lowest BCUT2D eigenvalue weighted by Gasteiger charge is -2.34. The van der Waals surface area contributed by atoms with E-state index in [-0.39, 0.29) is 0 Å². The lowest BCUT2D eigenvalue weighted by atomic mass is 9.98. The first-order valence-electron chi connectivity index (χ1n) is 7.69. The molecule has 0 amide bonds. The maximum Gasteiger partial charge on any atom is 0.346 e. The van der Waals surface area contributed by atoms with E-state index in [0.717, 1.165) is 0 Å². The summed E-state index contributed by atoms with van der Waals surface area (Å²) in [5.74, 6) is -8.14. The van der Waals surface area contributed by atoms with Gasteiger partial charge in [-0.3, -0.25) is 23.5 Å². The van der Waals surface area contributed by atoms with E-state index in [4.69, 9.17) is 20.4 Å². The number of aliphatic carboxylic acids is 4. The first-order valence-corrected chi connectivity index (χ1v) is 9.26. The smallest absolute Gasteiger partial charge is 0.346 e. The van der Waals surface area contributed by atoms with Gasteiger partial charge in [0.2, 0.25) is 0 Å². The topological polar surface area (TPSA) is 277 Å². The molecule has 16 heteroatoms. The quantitative estimate of drug-likeness (QED) is 0.119. The normalized spacial score (nSPS) is 19.8. The van der Waals surface area contributed by atoms with E-state index in [1.54, 1.807) is 0 Å². The second kappa shape index (κ2) is 10.6. The summed E-state index contributed by atoms with van der Waals surface area (Å²) < 4.78 is 16.9. The Bertz CT molecular complexity index is 677. The van der Waals surface area contributed by atoms with Gasteiger partial charge in [0.15, 0.2) is 11.3 Å². The van der Waals surface area contributed by atoms with Crippen molar-refractivity contribution < 1.29 is 74.0 Å². The Morgan fingerprint density at radius 2 is 1.45 bits per heavy atom. The third-order valence-corrected chi connectivity index (χ3v) is 6.04. The standard InChI is InChI=1S/C13H21O15P/c14-4-5(15)8(20)9(21)10(11(22)23)28-29(26,27)13(12(24)25,3-7(18)19)2-1-6(16)17/h5,8-10,14-15,20-21H,1-4H2,(H,16,17)(H,18,19)(H,22,23)(H,24,25)(H,26,27)/t5-,8-,9+,10-,13?/m1/s1. The Balaban J connectivity index is 6.17. The van der Waals surface area contributed by atoms with Crippen LogP contribution in [-0.2, 0) is 28.3 Å². The predicted molar refractivity (Wildman–Crippen MR) is 86.9 cm³/mol. The molecule has 0 saturated heterocycles. The molecular weight excluding hydrogens is 427 g/mol. The molecule has 6 atom stereocenters. The first kappa shape index (κ1) is 26.9. The third kappa shape index (κ3) is 6.71. The van der Waals surface area contributed by atoms with Crippen molar-refractivity contribution in [3.63, 3.8) is 0 Å². The maximum atomic E-state index is 12.6. The van der Waals surface area contributed by atoms with Gasteiger partial charge in [-0.05, 0) is 6.42 Å². The molecule has 9 N–H and O–H groups in total. The fourth-order valence-electron chi connectivity index (χ4n) is 2.22. The number of rotatable bonds is 14. The third-order valence-electron chi connectivity index (χ3n) is 3.88. The Morgan fingerprint density at radius 3 is 1.79 bits per heavy atom. The van der Waals surface area contributed by atoms with E-state index in [1.165, 1.54) is 0 Å². The van der Waals surface area contributed by atoms with Crippen molar-refractivity contribution in [2.24, 2.45) is 0 Å². The van der Waals surface area contributed by atoms with Crippen LogP contribution in [-0.4, -0.2) is 106 Å². The van der Waals surface area contributed by atoms with Gasteiger partial charge in [0.25, 0.3) is 0 Å². The summed E-state index contributed by atoms with van der Waals surface area (Å²) in [4.78, 5) is 54.8. The van der Waals surface area contributed by atoms with Gasteiger partial charge in [0.05, 0.1) is 13.0 Å². The molecule has 0 saturated carbocycles. The van der Waals surface area contributed by atoms with Crippen LogP contribution in [0.3, 0.4) is 0 Å². The molecule has 0 aromatic rings. The number of carboxylic acids is 4. The van der Waals surface area contributed by atoms with Crippen molar-refractivity contribution >= 4 is 31.5 Å². The number of carbonyl (C=O) groups is 4. The molecule has 0 bridgehead atoms. The SMILES string of the molecule is O=C(O)CCC(CC(=O)O)(C(=O)O)P(=O)(O)O[C@@H](C(=O)O)[C@@H](O)[C@H](O)[C@H](O)CO. The summed E-state index contributed by atoms with van der Waals surface area (Å²) in [6.07, 6.45) is -14.1. The Labute approximate surface area is 161 Å². The molecule has 0 aromatic heterocycles. The molecule has 29 heavy (non-hydrogen) atoms. The van der Waals surface area contributed by atoms with E-state index >= 15 is 0 Å². The van der Waals surface area contributed by atoms with Gasteiger partial charge in [-0.2, -0.15) is 0 Å². The summed E-state index contributed by atoms with van der Waals surface area (Å²) >= 11 is 0. The highest BCUT2D eigenvalue weighted by Gasteiger charge is 2.59. The number of aliphatic hydroxyl groups excluding tert-OH is 4. The van der Waals surface area contributed by atoms with Crippen molar-refractivity contribution in [1.82, 2.24) is 0 Å². The Kier molecular flexibility index (Phi) is 9.81. The second-order valence-corrected chi connectivity index (χ2v) is 8.02. The minimum atomic E-state index is -5.88. The van der Waals surface area contributed by atoms with Gasteiger partial charge in [-0.25, -0.2) is 4.79 Å². The summed E-state index contributed by atoms with van der Waals surface area (Å²) in [5.41, 5.74) is 0. The highest BCUT2D eigenvalue weighted by atomic mass is 31.2. The van der Waals surface area contributed by atoms with Crippen LogP contribution in [0.1, 0.15) is 19.3 Å². The van der Waals surface area contributed by atoms with E-state index < -0.39 is 86.9 Å². The molecule has 0 radical (unpaired) electrons. The van der Waals surface area contributed by atoms with Crippen LogP contribution >= 0.6 is 7.60 Å². The highest BCUT2D eigenvalue weighted by molar-refractivity contribution is 7.56. The van der Waals surface area contributed by atoms with Crippen molar-refractivity contribution in [2.75, 3.05) is 6.61 Å². The molecule has 0 fully saturated rings. The van der Waals surface area contributed by atoms with E-state index in [1.807, 2.05) is 0 Å². The molecule has 0 spiro atoms. The average Bonchev–Trinajstić information content (AvgIpc) is 2.60. The highest BCUT2D eigenvalue weighted by Crippen LogP contribution is 2.60. The molecule has 168 valence electrons. The van der Waals surface area contributed by atoms with E-state index in [9.17, 15) is 49.1 Å². The molecular formula is C13H21O15P. The zero-order valence-electron chi connectivity index (χ0n) is 14.6. The summed E-state index contributed by atoms with van der Waals surface area (Å²) in [7, 11) is -5.88. The van der Waals surface area contributed by atoms with Crippen LogP contribution in [0.4, 0.5) is 0 Å². The second-order valence-electron chi connectivity index (χ2n) is 5.92. The van der Waals surface area contributed by atoms with Crippen LogP contribution in [0, 0.1) is 0 Å². The average molecular weight is 448 g/mol. The number of aliphatic hydroxyl groups is 4. The zero-order valence-corrected chi connectivity index (χ0v) is 15.5. The van der Waals surface area contributed by atoms with Crippen molar-refractivity contribution in [1.29, 1.82) is 0 Å². The Morgan fingerprint density at radius 1 is 0.931 bits per heavy atom. The molecule has 0 aromatic carbocycles. The van der Waals surface area contributed by atoms with Crippen LogP contribution in [0.5, 0.6) is 0 Å². The van der Waals surface area contributed by atoms with Gasteiger partial charge in [-0.15, -0.1) is 0 Å². The van der Waals surface area contributed by atoms with E-state index in [0.29, 0.717) is 0 Å². The number of hydrogen-bond acceptors (Lipinski definition) is 10. The van der Waals surface area contributed by atoms with Gasteiger partial charge in [0, 0.05) is 6.42 Å². The summed E-state index contributed by atoms with van der Waals surface area (Å²) in [5, 5.41) is 70.1. The largest absolute Gasteiger partial charge is 0.481 e. The van der Waals surface area contributed by atoms with Crippen molar-refractivity contribution in [3.05, 3.63) is 0 Å². The van der Waals surface area contributed by atoms with Gasteiger partial charge >= 0.3 is 31.5 Å². The molecule has 0 aliphatic rings. The fraction of sp³-hybridized carbons (Fsp3) is 0.692. The maximum absolute atomic E-state index is 12.6. The summed E-state index contributed by atoms with van der Waals surface area (Å²) in [6, 6.07) is 0. The number of carboxylic acid groups (broad SMARTS) is 4.